The first-order valence-corrected chi connectivity index (χ1v) is 7.72. The van der Waals surface area contributed by atoms with Gasteiger partial charge >= 0.3 is 10.1 Å². The summed E-state index contributed by atoms with van der Waals surface area (Å²) in [5.74, 6) is 0.946. The van der Waals surface area contributed by atoms with Crippen molar-refractivity contribution in [3.05, 3.63) is 42.5 Å². The summed E-state index contributed by atoms with van der Waals surface area (Å²) in [6.45, 7) is 0. The van der Waals surface area contributed by atoms with E-state index in [1.165, 1.54) is 39.5 Å². The van der Waals surface area contributed by atoms with Gasteiger partial charge in [-0.1, -0.05) is 12.1 Å². The van der Waals surface area contributed by atoms with E-state index in [1.807, 2.05) is 0 Å². The monoisotopic (exact) mass is 324 g/mol. The van der Waals surface area contributed by atoms with Crippen LogP contribution < -0.4 is 18.4 Å². The molecule has 0 unspecified atom stereocenters. The fourth-order valence-corrected chi connectivity index (χ4v) is 2.95. The molecule has 2 rings (SSSR count). The van der Waals surface area contributed by atoms with Crippen LogP contribution in [-0.2, 0) is 10.1 Å². The zero-order valence-corrected chi connectivity index (χ0v) is 13.2. The molecular weight excluding hydrogens is 308 g/mol. The maximum Gasteiger partial charge on any atom is 0.343 e. The van der Waals surface area contributed by atoms with Gasteiger partial charge in [-0.3, -0.25) is 0 Å². The summed E-state index contributed by atoms with van der Waals surface area (Å²) in [5, 5.41) is 0. The number of hydrogen-bond donors (Lipinski definition) is 0. The lowest BCUT2D eigenvalue weighted by molar-refractivity contribution is 0.380. The van der Waals surface area contributed by atoms with Crippen LogP contribution in [-0.4, -0.2) is 29.7 Å². The third kappa shape index (κ3) is 3.25. The van der Waals surface area contributed by atoms with Crippen molar-refractivity contribution in [1.29, 1.82) is 0 Å². The van der Waals surface area contributed by atoms with Gasteiger partial charge in [0.2, 0.25) is 0 Å². The summed E-state index contributed by atoms with van der Waals surface area (Å²) in [6, 6.07) is 10.9. The minimum atomic E-state index is -4.11. The molecule has 2 aromatic rings. The largest absolute Gasteiger partial charge is 0.497 e. The van der Waals surface area contributed by atoms with E-state index in [4.69, 9.17) is 18.4 Å². The van der Waals surface area contributed by atoms with Crippen LogP contribution >= 0.6 is 0 Å². The van der Waals surface area contributed by atoms with Gasteiger partial charge in [0.05, 0.1) is 21.3 Å². The zero-order valence-electron chi connectivity index (χ0n) is 12.4. The summed E-state index contributed by atoms with van der Waals surface area (Å²) in [5.41, 5.74) is 0. The molecule has 0 aliphatic rings. The van der Waals surface area contributed by atoms with Crippen LogP contribution in [0.1, 0.15) is 0 Å². The molecule has 22 heavy (non-hydrogen) atoms. The quantitative estimate of drug-likeness (QED) is 0.760. The van der Waals surface area contributed by atoms with Crippen molar-refractivity contribution in [2.24, 2.45) is 0 Å². The minimum absolute atomic E-state index is 0.0925. The second-order valence-corrected chi connectivity index (χ2v) is 5.72. The molecule has 0 heterocycles. The van der Waals surface area contributed by atoms with Gasteiger partial charge in [-0.2, -0.15) is 8.42 Å². The van der Waals surface area contributed by atoms with Gasteiger partial charge in [-0.15, -0.1) is 0 Å². The van der Waals surface area contributed by atoms with Crippen LogP contribution in [0.5, 0.6) is 23.0 Å². The highest BCUT2D eigenvalue weighted by Gasteiger charge is 2.24. The maximum absolute atomic E-state index is 12.5. The van der Waals surface area contributed by atoms with Gasteiger partial charge in [0.25, 0.3) is 0 Å². The molecule has 0 saturated carbocycles. The Balaban J connectivity index is 2.46. The number of hydrogen-bond acceptors (Lipinski definition) is 6. The average Bonchev–Trinajstić information content (AvgIpc) is 2.54. The number of benzene rings is 2. The molecule has 0 spiro atoms. The highest BCUT2D eigenvalue weighted by molar-refractivity contribution is 7.87. The van der Waals surface area contributed by atoms with Crippen molar-refractivity contribution in [2.75, 3.05) is 21.3 Å². The second kappa shape index (κ2) is 6.57. The lowest BCUT2D eigenvalue weighted by atomic mass is 10.3. The van der Waals surface area contributed by atoms with E-state index in [0.717, 1.165) is 0 Å². The van der Waals surface area contributed by atoms with Crippen molar-refractivity contribution >= 4 is 10.1 Å². The summed E-state index contributed by atoms with van der Waals surface area (Å²) >= 11 is 0. The Morgan fingerprint density at radius 1 is 0.773 bits per heavy atom. The first-order valence-electron chi connectivity index (χ1n) is 6.31. The molecular formula is C15H16O6S. The van der Waals surface area contributed by atoms with Gasteiger partial charge in [0, 0.05) is 6.07 Å². The molecule has 7 heteroatoms. The van der Waals surface area contributed by atoms with E-state index in [0.29, 0.717) is 11.5 Å². The Morgan fingerprint density at radius 2 is 1.41 bits per heavy atom. The van der Waals surface area contributed by atoms with E-state index >= 15 is 0 Å². The third-order valence-electron chi connectivity index (χ3n) is 2.91. The lowest BCUT2D eigenvalue weighted by Gasteiger charge is -2.13. The molecule has 0 amide bonds. The van der Waals surface area contributed by atoms with Crippen LogP contribution in [0.2, 0.25) is 0 Å². The Labute approximate surface area is 129 Å². The molecule has 0 bridgehead atoms. The maximum atomic E-state index is 12.5. The number of ether oxygens (including phenoxy) is 3. The molecule has 118 valence electrons. The summed E-state index contributed by atoms with van der Waals surface area (Å²) in [4.78, 5) is -0.125. The predicted octanol–water partition coefficient (Wildman–Crippen LogP) is 2.48. The van der Waals surface area contributed by atoms with Crippen molar-refractivity contribution in [3.63, 3.8) is 0 Å². The van der Waals surface area contributed by atoms with Crippen LogP contribution in [0.15, 0.2) is 47.4 Å². The van der Waals surface area contributed by atoms with Crippen molar-refractivity contribution in [1.82, 2.24) is 0 Å². The van der Waals surface area contributed by atoms with Gasteiger partial charge in [-0.05, 0) is 24.3 Å². The molecule has 2 aromatic carbocycles. The second-order valence-electron chi connectivity index (χ2n) is 4.21. The van der Waals surface area contributed by atoms with E-state index in [1.54, 1.807) is 24.3 Å². The van der Waals surface area contributed by atoms with Crippen molar-refractivity contribution in [3.8, 4) is 23.0 Å². The lowest BCUT2D eigenvalue weighted by Crippen LogP contribution is -2.12. The van der Waals surface area contributed by atoms with E-state index < -0.39 is 10.1 Å². The van der Waals surface area contributed by atoms with E-state index in [9.17, 15) is 8.42 Å². The van der Waals surface area contributed by atoms with E-state index in [-0.39, 0.29) is 16.4 Å². The first kappa shape index (κ1) is 16.0. The van der Waals surface area contributed by atoms with Gasteiger partial charge in [0.1, 0.15) is 11.5 Å². The first-order chi connectivity index (χ1) is 10.5. The zero-order chi connectivity index (χ0) is 16.2. The molecule has 0 fully saturated rings. The summed E-state index contributed by atoms with van der Waals surface area (Å²) < 4.78 is 45.4. The standard InChI is InChI=1S/C15H16O6S/c1-18-11-8-9-14(20-3)15(10-11)22(16,17)21-13-7-5-4-6-12(13)19-2/h4-10H,1-3H3. The Kier molecular flexibility index (Phi) is 4.77. The van der Waals surface area contributed by atoms with Gasteiger partial charge in [-0.25, -0.2) is 0 Å². The fraction of sp³-hybridized carbons (Fsp3) is 0.200. The normalized spacial score (nSPS) is 10.9. The minimum Gasteiger partial charge on any atom is -0.497 e. The SMILES string of the molecule is COc1ccc(OC)c(S(=O)(=O)Oc2ccccc2OC)c1. The number of para-hydroxylation sites is 2. The molecule has 0 aliphatic heterocycles. The fourth-order valence-electron chi connectivity index (χ4n) is 1.83. The molecule has 0 aromatic heterocycles. The molecule has 0 atom stereocenters. The summed E-state index contributed by atoms with van der Waals surface area (Å²) in [6.07, 6.45) is 0. The highest BCUT2D eigenvalue weighted by atomic mass is 32.2. The molecule has 0 radical (unpaired) electrons. The smallest absolute Gasteiger partial charge is 0.343 e. The van der Waals surface area contributed by atoms with Crippen LogP contribution in [0.25, 0.3) is 0 Å². The van der Waals surface area contributed by atoms with E-state index in [2.05, 4.69) is 0 Å². The number of methoxy groups -OCH3 is 3. The van der Waals surface area contributed by atoms with Crippen LogP contribution in [0.3, 0.4) is 0 Å². The Bertz CT molecular complexity index is 754. The summed E-state index contributed by atoms with van der Waals surface area (Å²) in [7, 11) is 0.148. The van der Waals surface area contributed by atoms with Gasteiger partial charge < -0.3 is 18.4 Å². The van der Waals surface area contributed by atoms with Crippen LogP contribution in [0.4, 0.5) is 0 Å². The van der Waals surface area contributed by atoms with Gasteiger partial charge in [0.15, 0.2) is 16.4 Å². The van der Waals surface area contributed by atoms with Crippen LogP contribution in [0, 0.1) is 0 Å². The average molecular weight is 324 g/mol. The Hall–Kier alpha value is -2.41. The van der Waals surface area contributed by atoms with Crippen molar-refractivity contribution in [2.45, 2.75) is 4.90 Å². The third-order valence-corrected chi connectivity index (χ3v) is 4.17. The highest BCUT2D eigenvalue weighted by Crippen LogP contribution is 2.33. The van der Waals surface area contributed by atoms with Crippen molar-refractivity contribution < 1.29 is 26.8 Å². The Morgan fingerprint density at radius 3 is 2.00 bits per heavy atom. The molecule has 0 aliphatic carbocycles. The molecule has 6 nitrogen and oxygen atoms in total. The topological polar surface area (TPSA) is 71.1 Å². The number of rotatable bonds is 6. The molecule has 0 N–H and O–H groups in total. The predicted molar refractivity (Wildman–Crippen MR) is 80.4 cm³/mol. The molecule has 0 saturated heterocycles.